The second kappa shape index (κ2) is 5.70. The zero-order valence-electron chi connectivity index (χ0n) is 11.1. The van der Waals surface area contributed by atoms with Crippen LogP contribution in [0, 0.1) is 17.1 Å². The first-order chi connectivity index (χ1) is 9.55. The summed E-state index contributed by atoms with van der Waals surface area (Å²) in [4.78, 5) is 26.5. The number of rotatable bonds is 3. The number of hydrogen-bond acceptors (Lipinski definition) is 3. The molecular formula is C14H14FN3O2. The maximum Gasteiger partial charge on any atom is 0.312 e. The topological polar surface area (TPSA) is 64.4 Å². The lowest BCUT2D eigenvalue weighted by molar-refractivity contribution is -0.156. The van der Waals surface area contributed by atoms with E-state index in [-0.39, 0.29) is 12.1 Å². The molecule has 0 aromatic heterocycles. The van der Waals surface area contributed by atoms with E-state index in [1.54, 1.807) is 0 Å². The summed E-state index contributed by atoms with van der Waals surface area (Å²) in [7, 11) is 0. The van der Waals surface area contributed by atoms with E-state index in [1.165, 1.54) is 21.9 Å². The van der Waals surface area contributed by atoms with E-state index in [4.69, 9.17) is 5.26 Å². The highest BCUT2D eigenvalue weighted by Gasteiger charge is 2.31. The Bertz CT molecular complexity index is 595. The van der Waals surface area contributed by atoms with Gasteiger partial charge in [0.1, 0.15) is 5.82 Å². The van der Waals surface area contributed by atoms with Gasteiger partial charge in [0.05, 0.1) is 11.6 Å². The van der Waals surface area contributed by atoms with E-state index in [1.807, 2.05) is 13.0 Å². The minimum atomic E-state index is -0.583. The van der Waals surface area contributed by atoms with Gasteiger partial charge in [-0.25, -0.2) is 4.39 Å². The molecule has 104 valence electrons. The Kier molecular flexibility index (Phi) is 3.99. The molecule has 0 saturated carbocycles. The smallest absolute Gasteiger partial charge is 0.312 e. The van der Waals surface area contributed by atoms with E-state index < -0.39 is 17.6 Å². The van der Waals surface area contributed by atoms with Crippen molar-refractivity contribution in [3.8, 4) is 6.07 Å². The quantitative estimate of drug-likeness (QED) is 0.769. The first kappa shape index (κ1) is 14.0. The van der Waals surface area contributed by atoms with Crippen molar-refractivity contribution in [1.82, 2.24) is 9.80 Å². The van der Waals surface area contributed by atoms with Gasteiger partial charge in [-0.3, -0.25) is 9.59 Å². The Balaban J connectivity index is 2.15. The predicted octanol–water partition coefficient (Wildman–Crippen LogP) is 0.888. The Labute approximate surface area is 116 Å². The average molecular weight is 275 g/mol. The summed E-state index contributed by atoms with van der Waals surface area (Å²) in [5.74, 6) is -1.64. The van der Waals surface area contributed by atoms with Gasteiger partial charge in [-0.15, -0.1) is 0 Å². The third-order valence-electron chi connectivity index (χ3n) is 3.24. The lowest BCUT2D eigenvalue weighted by Crippen LogP contribution is -2.53. The molecule has 0 unspecified atom stereocenters. The number of benzene rings is 1. The van der Waals surface area contributed by atoms with E-state index in [0.29, 0.717) is 25.2 Å². The van der Waals surface area contributed by atoms with E-state index in [9.17, 15) is 14.0 Å². The van der Waals surface area contributed by atoms with Crippen LogP contribution in [0.2, 0.25) is 0 Å². The maximum atomic E-state index is 13.3. The van der Waals surface area contributed by atoms with Crippen molar-refractivity contribution in [2.24, 2.45) is 0 Å². The molecule has 1 aromatic carbocycles. The predicted molar refractivity (Wildman–Crippen MR) is 68.8 cm³/mol. The number of amides is 2. The summed E-state index contributed by atoms with van der Waals surface area (Å²) in [6.07, 6.45) is 0. The highest BCUT2D eigenvalue weighted by atomic mass is 19.1. The van der Waals surface area contributed by atoms with Gasteiger partial charge in [-0.05, 0) is 30.7 Å². The molecule has 1 fully saturated rings. The van der Waals surface area contributed by atoms with Crippen molar-refractivity contribution >= 4 is 11.8 Å². The molecule has 0 aliphatic carbocycles. The largest absolute Gasteiger partial charge is 0.333 e. The number of nitriles is 1. The third-order valence-corrected chi connectivity index (χ3v) is 3.24. The number of halogens is 1. The fourth-order valence-corrected chi connectivity index (χ4v) is 2.19. The monoisotopic (exact) mass is 275 g/mol. The summed E-state index contributed by atoms with van der Waals surface area (Å²) >= 11 is 0. The van der Waals surface area contributed by atoms with E-state index >= 15 is 0 Å². The Hall–Kier alpha value is -2.42. The standard InChI is InChI=1S/C14H14FN3O2/c1-2-17-3-4-18(14(20)13(17)19)9-11-5-10(8-16)6-12(15)7-11/h5-7H,2-4,9H2,1H3. The van der Waals surface area contributed by atoms with Crippen molar-refractivity contribution < 1.29 is 14.0 Å². The summed E-state index contributed by atoms with van der Waals surface area (Å²) < 4.78 is 13.3. The summed E-state index contributed by atoms with van der Waals surface area (Å²) in [6, 6.07) is 5.78. The number of likely N-dealkylation sites (N-methyl/N-ethyl adjacent to an activating group) is 1. The molecule has 5 nitrogen and oxygen atoms in total. The molecule has 0 bridgehead atoms. The second-order valence-corrected chi connectivity index (χ2v) is 4.57. The molecule has 20 heavy (non-hydrogen) atoms. The van der Waals surface area contributed by atoms with Crippen LogP contribution in [0.4, 0.5) is 4.39 Å². The number of nitrogens with zero attached hydrogens (tertiary/aromatic N) is 3. The van der Waals surface area contributed by atoms with Crippen LogP contribution in [0.25, 0.3) is 0 Å². The van der Waals surface area contributed by atoms with Gasteiger partial charge in [0, 0.05) is 26.2 Å². The van der Waals surface area contributed by atoms with Gasteiger partial charge in [-0.1, -0.05) is 0 Å². The first-order valence-electron chi connectivity index (χ1n) is 6.33. The molecule has 0 N–H and O–H groups in total. The van der Waals surface area contributed by atoms with E-state index in [2.05, 4.69) is 0 Å². The molecule has 0 radical (unpaired) electrons. The molecule has 1 saturated heterocycles. The van der Waals surface area contributed by atoms with Gasteiger partial charge in [-0.2, -0.15) is 5.26 Å². The number of carbonyl (C=O) groups excluding carboxylic acids is 2. The third kappa shape index (κ3) is 2.77. The minimum absolute atomic E-state index is 0.133. The number of hydrogen-bond donors (Lipinski definition) is 0. The van der Waals surface area contributed by atoms with Crippen LogP contribution in [-0.2, 0) is 16.1 Å². The summed E-state index contributed by atoms with van der Waals surface area (Å²) in [6.45, 7) is 3.33. The highest BCUT2D eigenvalue weighted by molar-refractivity contribution is 6.35. The molecule has 0 atom stereocenters. The van der Waals surface area contributed by atoms with Crippen molar-refractivity contribution in [2.75, 3.05) is 19.6 Å². The van der Waals surface area contributed by atoms with Crippen LogP contribution < -0.4 is 0 Å². The van der Waals surface area contributed by atoms with Crippen LogP contribution in [0.15, 0.2) is 18.2 Å². The normalized spacial score (nSPS) is 15.4. The van der Waals surface area contributed by atoms with Crippen molar-refractivity contribution in [3.05, 3.63) is 35.1 Å². The van der Waals surface area contributed by atoms with Gasteiger partial charge >= 0.3 is 11.8 Å². The Morgan fingerprint density at radius 1 is 1.20 bits per heavy atom. The molecule has 1 heterocycles. The first-order valence-corrected chi connectivity index (χ1v) is 6.33. The summed E-state index contributed by atoms with van der Waals surface area (Å²) in [5, 5.41) is 8.80. The lowest BCUT2D eigenvalue weighted by Gasteiger charge is -2.33. The Morgan fingerprint density at radius 2 is 1.85 bits per heavy atom. The summed E-state index contributed by atoms with van der Waals surface area (Å²) in [5.41, 5.74) is 0.707. The van der Waals surface area contributed by atoms with Crippen molar-refractivity contribution in [3.63, 3.8) is 0 Å². The fraction of sp³-hybridized carbons (Fsp3) is 0.357. The molecule has 0 spiro atoms. The zero-order valence-corrected chi connectivity index (χ0v) is 11.1. The lowest BCUT2D eigenvalue weighted by atomic mass is 10.1. The van der Waals surface area contributed by atoms with Gasteiger partial charge in [0.15, 0.2) is 0 Å². The van der Waals surface area contributed by atoms with Crippen LogP contribution in [-0.4, -0.2) is 41.2 Å². The van der Waals surface area contributed by atoms with Crippen LogP contribution >= 0.6 is 0 Å². The minimum Gasteiger partial charge on any atom is -0.333 e. The molecule has 2 amide bonds. The van der Waals surface area contributed by atoms with E-state index in [0.717, 1.165) is 6.07 Å². The van der Waals surface area contributed by atoms with Crippen LogP contribution in [0.1, 0.15) is 18.1 Å². The second-order valence-electron chi connectivity index (χ2n) is 4.57. The van der Waals surface area contributed by atoms with Gasteiger partial charge in [0.25, 0.3) is 0 Å². The fourth-order valence-electron chi connectivity index (χ4n) is 2.19. The molecular weight excluding hydrogens is 261 g/mol. The average Bonchev–Trinajstić information content (AvgIpc) is 2.43. The van der Waals surface area contributed by atoms with Crippen LogP contribution in [0.3, 0.4) is 0 Å². The zero-order chi connectivity index (χ0) is 14.7. The van der Waals surface area contributed by atoms with Gasteiger partial charge in [0.2, 0.25) is 0 Å². The molecule has 1 aliphatic heterocycles. The van der Waals surface area contributed by atoms with Crippen molar-refractivity contribution in [2.45, 2.75) is 13.5 Å². The number of carbonyl (C=O) groups is 2. The molecule has 2 rings (SSSR count). The van der Waals surface area contributed by atoms with Crippen molar-refractivity contribution in [1.29, 1.82) is 5.26 Å². The van der Waals surface area contributed by atoms with Gasteiger partial charge < -0.3 is 9.80 Å². The SMILES string of the molecule is CCN1CCN(Cc2cc(F)cc(C#N)c2)C(=O)C1=O. The number of piperazine rings is 1. The Morgan fingerprint density at radius 3 is 2.50 bits per heavy atom. The highest BCUT2D eigenvalue weighted by Crippen LogP contribution is 2.14. The molecule has 6 heteroatoms. The molecule has 1 aromatic rings. The maximum absolute atomic E-state index is 13.3. The van der Waals surface area contributed by atoms with Crippen LogP contribution in [0.5, 0.6) is 0 Å². The molecule has 1 aliphatic rings.